The van der Waals surface area contributed by atoms with Crippen LogP contribution < -0.4 is 10.6 Å². The molecular formula is C22H26N8O. The number of nitrogens with one attached hydrogen (secondary N) is 3. The van der Waals surface area contributed by atoms with E-state index in [4.69, 9.17) is 9.51 Å². The normalized spacial score (nSPS) is 18.4. The molecule has 160 valence electrons. The Kier molecular flexibility index (Phi) is 4.70. The van der Waals surface area contributed by atoms with Crippen LogP contribution in [0.2, 0.25) is 0 Å². The molecule has 1 fully saturated rings. The first-order valence-corrected chi connectivity index (χ1v) is 10.5. The van der Waals surface area contributed by atoms with Crippen molar-refractivity contribution in [2.24, 2.45) is 0 Å². The highest BCUT2D eigenvalue weighted by molar-refractivity contribution is 5.91. The molecule has 0 aromatic carbocycles. The Balaban J connectivity index is 1.44. The summed E-state index contributed by atoms with van der Waals surface area (Å²) in [4.78, 5) is 14.0. The van der Waals surface area contributed by atoms with Gasteiger partial charge >= 0.3 is 0 Å². The smallest absolute Gasteiger partial charge is 0.223 e. The third-order valence-corrected chi connectivity index (χ3v) is 5.93. The molecule has 1 atom stereocenters. The van der Waals surface area contributed by atoms with Crippen molar-refractivity contribution >= 4 is 17.0 Å². The Hall–Kier alpha value is -3.33. The standard InChI is InChI=1S/C22H26N8O/c1-12-9-23-21(25-14-7-8-22(3,4)24-10-14)27-18(12)19-15-5-6-17(26-20(15)29-28-19)16-11-31-30-13(16)2/h5-6,9,11,14,24H,7-8,10H2,1-4H3,(H,23,25,27)(H,26,28,29)/t14-/m0/s1. The molecule has 0 spiro atoms. The zero-order chi connectivity index (χ0) is 21.6. The summed E-state index contributed by atoms with van der Waals surface area (Å²) < 4.78 is 5.04. The van der Waals surface area contributed by atoms with Crippen LogP contribution in [0, 0.1) is 13.8 Å². The molecule has 4 aromatic rings. The SMILES string of the molecule is Cc1cnc(N[C@H]2CCC(C)(C)NC2)nc1-c1[nH]nc2nc(-c3conc3C)ccc12. The predicted octanol–water partition coefficient (Wildman–Crippen LogP) is 3.63. The molecule has 0 radical (unpaired) electrons. The van der Waals surface area contributed by atoms with E-state index in [1.807, 2.05) is 32.2 Å². The van der Waals surface area contributed by atoms with Gasteiger partial charge in [-0.3, -0.25) is 5.10 Å². The number of rotatable bonds is 4. The first-order chi connectivity index (χ1) is 14.9. The molecule has 3 N–H and O–H groups in total. The number of aromatic amines is 1. The van der Waals surface area contributed by atoms with Gasteiger partial charge in [-0.05, 0) is 58.2 Å². The van der Waals surface area contributed by atoms with Crippen LogP contribution in [0.25, 0.3) is 33.7 Å². The summed E-state index contributed by atoms with van der Waals surface area (Å²) in [5.41, 5.74) is 5.87. The number of fused-ring (bicyclic) bond motifs is 1. The molecule has 9 nitrogen and oxygen atoms in total. The summed E-state index contributed by atoms with van der Waals surface area (Å²) >= 11 is 0. The number of aryl methyl sites for hydroxylation is 2. The maximum Gasteiger partial charge on any atom is 0.223 e. The first kappa shape index (κ1) is 19.6. The monoisotopic (exact) mass is 418 g/mol. The third-order valence-electron chi connectivity index (χ3n) is 5.93. The van der Waals surface area contributed by atoms with Gasteiger partial charge in [0.05, 0.1) is 28.3 Å². The summed E-state index contributed by atoms with van der Waals surface area (Å²) in [7, 11) is 0. The molecule has 4 aromatic heterocycles. The number of pyridine rings is 1. The van der Waals surface area contributed by atoms with Gasteiger partial charge in [0.15, 0.2) is 5.65 Å². The average Bonchev–Trinajstić information content (AvgIpc) is 3.36. The molecule has 0 unspecified atom stereocenters. The molecule has 9 heteroatoms. The molecule has 0 aliphatic carbocycles. The highest BCUT2D eigenvalue weighted by Crippen LogP contribution is 2.30. The summed E-state index contributed by atoms with van der Waals surface area (Å²) in [6.45, 7) is 9.25. The van der Waals surface area contributed by atoms with E-state index in [9.17, 15) is 0 Å². The Labute approximate surface area is 180 Å². The minimum Gasteiger partial charge on any atom is -0.364 e. The van der Waals surface area contributed by atoms with Gasteiger partial charge in [-0.25, -0.2) is 15.0 Å². The van der Waals surface area contributed by atoms with E-state index in [2.05, 4.69) is 49.8 Å². The van der Waals surface area contributed by atoms with E-state index in [1.54, 1.807) is 6.26 Å². The van der Waals surface area contributed by atoms with Crippen LogP contribution in [-0.2, 0) is 0 Å². The lowest BCUT2D eigenvalue weighted by Gasteiger charge is -2.36. The van der Waals surface area contributed by atoms with Gasteiger partial charge in [0.2, 0.25) is 5.95 Å². The molecule has 1 aliphatic rings. The highest BCUT2D eigenvalue weighted by atomic mass is 16.5. The number of hydrogen-bond acceptors (Lipinski definition) is 8. The quantitative estimate of drug-likeness (QED) is 0.460. The first-order valence-electron chi connectivity index (χ1n) is 10.5. The molecule has 0 saturated carbocycles. The molecule has 1 aliphatic heterocycles. The van der Waals surface area contributed by atoms with Crippen molar-refractivity contribution in [3.8, 4) is 22.6 Å². The van der Waals surface area contributed by atoms with Gasteiger partial charge in [-0.15, -0.1) is 0 Å². The van der Waals surface area contributed by atoms with Gasteiger partial charge in [-0.2, -0.15) is 5.10 Å². The third kappa shape index (κ3) is 3.76. The van der Waals surface area contributed by atoms with E-state index in [-0.39, 0.29) is 5.54 Å². The van der Waals surface area contributed by atoms with Crippen LogP contribution in [0.5, 0.6) is 0 Å². The Morgan fingerprint density at radius 2 is 2.06 bits per heavy atom. The predicted molar refractivity (Wildman–Crippen MR) is 119 cm³/mol. The van der Waals surface area contributed by atoms with Crippen molar-refractivity contribution in [3.63, 3.8) is 0 Å². The number of hydrogen-bond donors (Lipinski definition) is 3. The number of aromatic nitrogens is 6. The minimum absolute atomic E-state index is 0.184. The molecule has 31 heavy (non-hydrogen) atoms. The Bertz CT molecular complexity index is 1230. The summed E-state index contributed by atoms with van der Waals surface area (Å²) in [5, 5.41) is 19.4. The van der Waals surface area contributed by atoms with Gasteiger partial charge in [-0.1, -0.05) is 5.16 Å². The van der Waals surface area contributed by atoms with Gasteiger partial charge in [0.25, 0.3) is 0 Å². The fourth-order valence-corrected chi connectivity index (χ4v) is 3.96. The lowest BCUT2D eigenvalue weighted by molar-refractivity contribution is 0.289. The molecule has 0 amide bonds. The Morgan fingerprint density at radius 3 is 2.81 bits per heavy atom. The largest absolute Gasteiger partial charge is 0.364 e. The molecule has 5 heterocycles. The van der Waals surface area contributed by atoms with Crippen molar-refractivity contribution in [1.82, 2.24) is 35.6 Å². The summed E-state index contributed by atoms with van der Waals surface area (Å²) in [5.74, 6) is 0.625. The summed E-state index contributed by atoms with van der Waals surface area (Å²) in [6, 6.07) is 4.26. The second kappa shape index (κ2) is 7.42. The van der Waals surface area contributed by atoms with Crippen molar-refractivity contribution in [2.75, 3.05) is 11.9 Å². The van der Waals surface area contributed by atoms with Gasteiger partial charge < -0.3 is 15.2 Å². The van der Waals surface area contributed by atoms with Crippen molar-refractivity contribution in [2.45, 2.75) is 52.1 Å². The fourth-order valence-electron chi connectivity index (χ4n) is 3.96. The lowest BCUT2D eigenvalue weighted by atomic mass is 9.91. The zero-order valence-corrected chi connectivity index (χ0v) is 18.2. The number of H-pyrrole nitrogens is 1. The topological polar surface area (TPSA) is 117 Å². The van der Waals surface area contributed by atoms with Crippen molar-refractivity contribution < 1.29 is 4.52 Å². The van der Waals surface area contributed by atoms with Crippen molar-refractivity contribution in [1.29, 1.82) is 0 Å². The maximum atomic E-state index is 5.04. The van der Waals surface area contributed by atoms with E-state index in [0.29, 0.717) is 17.6 Å². The minimum atomic E-state index is 0.184. The van der Waals surface area contributed by atoms with Crippen molar-refractivity contribution in [3.05, 3.63) is 35.9 Å². The lowest BCUT2D eigenvalue weighted by Crippen LogP contribution is -2.50. The molecule has 5 rings (SSSR count). The van der Waals surface area contributed by atoms with Crippen LogP contribution in [0.1, 0.15) is 37.9 Å². The van der Waals surface area contributed by atoms with Gasteiger partial charge in [0.1, 0.15) is 6.26 Å². The maximum absolute atomic E-state index is 5.04. The van der Waals surface area contributed by atoms with E-state index in [1.165, 1.54) is 0 Å². The van der Waals surface area contributed by atoms with E-state index < -0.39 is 0 Å². The molecule has 0 bridgehead atoms. The Morgan fingerprint density at radius 1 is 1.19 bits per heavy atom. The second-order valence-corrected chi connectivity index (χ2v) is 8.85. The molecule has 1 saturated heterocycles. The average molecular weight is 419 g/mol. The second-order valence-electron chi connectivity index (χ2n) is 8.85. The fraction of sp³-hybridized carbons (Fsp3) is 0.409. The number of piperidine rings is 1. The van der Waals surface area contributed by atoms with E-state index in [0.717, 1.165) is 58.7 Å². The molecular weight excluding hydrogens is 392 g/mol. The highest BCUT2D eigenvalue weighted by Gasteiger charge is 2.26. The van der Waals surface area contributed by atoms with Crippen LogP contribution >= 0.6 is 0 Å². The van der Waals surface area contributed by atoms with E-state index >= 15 is 0 Å². The van der Waals surface area contributed by atoms with Crippen LogP contribution in [0.3, 0.4) is 0 Å². The zero-order valence-electron chi connectivity index (χ0n) is 18.2. The van der Waals surface area contributed by atoms with Crippen LogP contribution in [0.4, 0.5) is 5.95 Å². The van der Waals surface area contributed by atoms with Gasteiger partial charge in [0, 0.05) is 29.7 Å². The van der Waals surface area contributed by atoms with Crippen LogP contribution in [-0.4, -0.2) is 48.4 Å². The number of anilines is 1. The summed E-state index contributed by atoms with van der Waals surface area (Å²) in [6.07, 6.45) is 5.63. The van der Waals surface area contributed by atoms with Crippen LogP contribution in [0.15, 0.2) is 29.1 Å². The number of nitrogens with zero attached hydrogens (tertiary/aromatic N) is 5.